The van der Waals surface area contributed by atoms with Crippen molar-refractivity contribution in [3.8, 4) is 11.3 Å². The Kier molecular flexibility index (Phi) is 4.93. The van der Waals surface area contributed by atoms with Crippen LogP contribution in [0.4, 0.5) is 0 Å². The van der Waals surface area contributed by atoms with Crippen LogP contribution >= 0.6 is 0 Å². The highest BCUT2D eigenvalue weighted by Crippen LogP contribution is 2.16. The molecule has 0 aliphatic heterocycles. The van der Waals surface area contributed by atoms with Gasteiger partial charge in [-0.1, -0.05) is 43.2 Å². The Morgan fingerprint density at radius 1 is 1.14 bits per heavy atom. The van der Waals surface area contributed by atoms with Gasteiger partial charge in [-0.2, -0.15) is 0 Å². The molecule has 1 amide bonds. The third-order valence-corrected chi connectivity index (χ3v) is 3.33. The maximum atomic E-state index is 12.0. The zero-order valence-corrected chi connectivity index (χ0v) is 12.4. The summed E-state index contributed by atoms with van der Waals surface area (Å²) in [6, 6.07) is 11.2. The first-order valence-corrected chi connectivity index (χ1v) is 7.20. The van der Waals surface area contributed by atoms with Crippen molar-refractivity contribution in [3.63, 3.8) is 0 Å². The van der Waals surface area contributed by atoms with Gasteiger partial charge in [-0.25, -0.2) is 0 Å². The van der Waals surface area contributed by atoms with Crippen LogP contribution in [0.1, 0.15) is 35.7 Å². The molecule has 2 N–H and O–H groups in total. The molecule has 0 unspecified atom stereocenters. The second-order valence-corrected chi connectivity index (χ2v) is 5.09. The molecule has 0 radical (unpaired) electrons. The van der Waals surface area contributed by atoms with Gasteiger partial charge < -0.3 is 10.3 Å². The molecule has 0 spiro atoms. The zero-order valence-electron chi connectivity index (χ0n) is 12.4. The number of aromatic nitrogens is 1. The molecule has 0 saturated heterocycles. The lowest BCUT2D eigenvalue weighted by Gasteiger charge is -2.06. The summed E-state index contributed by atoms with van der Waals surface area (Å²) in [5, 5.41) is 2.75. The molecule has 110 valence electrons. The number of carbonyl (C=O) groups is 1. The highest BCUT2D eigenvalue weighted by Gasteiger charge is 2.10. The molecular weight excluding hydrogens is 264 g/mol. The Labute approximate surface area is 124 Å². The first-order valence-electron chi connectivity index (χ1n) is 7.20. The molecule has 21 heavy (non-hydrogen) atoms. The lowest BCUT2D eigenvalue weighted by molar-refractivity contribution is 0.0951. The standard InChI is InChI=1S/C17H20N2O2/c1-3-4-11-18-16(20)14-9-10-15(19-17(14)21)13-7-5-12(2)6-8-13/h5-10H,3-4,11H2,1-2H3,(H,18,20)(H,19,21). The van der Waals surface area contributed by atoms with Crippen molar-refractivity contribution in [3.05, 3.63) is 57.9 Å². The normalized spacial score (nSPS) is 10.4. The lowest BCUT2D eigenvalue weighted by atomic mass is 10.1. The van der Waals surface area contributed by atoms with E-state index in [9.17, 15) is 9.59 Å². The Hall–Kier alpha value is -2.36. The van der Waals surface area contributed by atoms with E-state index in [2.05, 4.69) is 17.2 Å². The Morgan fingerprint density at radius 3 is 2.48 bits per heavy atom. The number of nitrogens with one attached hydrogen (secondary N) is 2. The summed E-state index contributed by atoms with van der Waals surface area (Å²) in [6.45, 7) is 4.65. The largest absolute Gasteiger partial charge is 0.352 e. The second-order valence-electron chi connectivity index (χ2n) is 5.09. The summed E-state index contributed by atoms with van der Waals surface area (Å²) in [6.07, 6.45) is 1.91. The highest BCUT2D eigenvalue weighted by atomic mass is 16.2. The fourth-order valence-corrected chi connectivity index (χ4v) is 2.03. The maximum absolute atomic E-state index is 12.0. The van der Waals surface area contributed by atoms with Crippen LogP contribution in [0.3, 0.4) is 0 Å². The molecular formula is C17H20N2O2. The van der Waals surface area contributed by atoms with Gasteiger partial charge >= 0.3 is 0 Å². The molecule has 0 saturated carbocycles. The van der Waals surface area contributed by atoms with Crippen molar-refractivity contribution in [2.75, 3.05) is 6.54 Å². The fraction of sp³-hybridized carbons (Fsp3) is 0.294. The monoisotopic (exact) mass is 284 g/mol. The number of amides is 1. The van der Waals surface area contributed by atoms with E-state index in [-0.39, 0.29) is 17.0 Å². The van der Waals surface area contributed by atoms with Gasteiger partial charge in [0.15, 0.2) is 0 Å². The SMILES string of the molecule is CCCCNC(=O)c1ccc(-c2ccc(C)cc2)[nH]c1=O. The summed E-state index contributed by atoms with van der Waals surface area (Å²) in [4.78, 5) is 26.7. The molecule has 1 aromatic carbocycles. The van der Waals surface area contributed by atoms with Gasteiger partial charge in [0.2, 0.25) is 0 Å². The predicted octanol–water partition coefficient (Wildman–Crippen LogP) is 2.88. The smallest absolute Gasteiger partial charge is 0.261 e. The van der Waals surface area contributed by atoms with Crippen molar-refractivity contribution in [2.24, 2.45) is 0 Å². The van der Waals surface area contributed by atoms with Crippen molar-refractivity contribution in [2.45, 2.75) is 26.7 Å². The van der Waals surface area contributed by atoms with Crippen LogP contribution in [0.25, 0.3) is 11.3 Å². The topological polar surface area (TPSA) is 62.0 Å². The molecule has 2 aromatic rings. The Balaban J connectivity index is 2.19. The summed E-state index contributed by atoms with van der Waals surface area (Å²) in [5.74, 6) is -0.319. The van der Waals surface area contributed by atoms with Gasteiger partial charge in [0.25, 0.3) is 11.5 Å². The van der Waals surface area contributed by atoms with E-state index < -0.39 is 0 Å². The molecule has 0 aliphatic rings. The third-order valence-electron chi connectivity index (χ3n) is 3.33. The number of H-pyrrole nitrogens is 1. The van der Waals surface area contributed by atoms with Gasteiger partial charge in [-0.05, 0) is 31.0 Å². The van der Waals surface area contributed by atoms with E-state index in [1.54, 1.807) is 12.1 Å². The van der Waals surface area contributed by atoms with Crippen molar-refractivity contribution in [1.29, 1.82) is 0 Å². The molecule has 1 aromatic heterocycles. The minimum Gasteiger partial charge on any atom is -0.352 e. The van der Waals surface area contributed by atoms with Crippen LogP contribution < -0.4 is 10.9 Å². The summed E-state index contributed by atoms with van der Waals surface area (Å²) in [5.41, 5.74) is 2.60. The maximum Gasteiger partial charge on any atom is 0.261 e. The number of hydrogen-bond acceptors (Lipinski definition) is 2. The van der Waals surface area contributed by atoms with Crippen LogP contribution in [0.2, 0.25) is 0 Å². The van der Waals surface area contributed by atoms with Gasteiger partial charge in [0, 0.05) is 12.2 Å². The summed E-state index contributed by atoms with van der Waals surface area (Å²) >= 11 is 0. The van der Waals surface area contributed by atoms with Gasteiger partial charge in [0.1, 0.15) is 5.56 Å². The third kappa shape index (κ3) is 3.81. The van der Waals surface area contributed by atoms with E-state index in [1.807, 2.05) is 31.2 Å². The Bertz CT molecular complexity index is 672. The van der Waals surface area contributed by atoms with Crippen LogP contribution in [-0.2, 0) is 0 Å². The zero-order chi connectivity index (χ0) is 15.2. The number of pyridine rings is 1. The predicted molar refractivity (Wildman–Crippen MR) is 84.5 cm³/mol. The van der Waals surface area contributed by atoms with Crippen molar-refractivity contribution >= 4 is 5.91 Å². The minimum absolute atomic E-state index is 0.155. The summed E-state index contributed by atoms with van der Waals surface area (Å²) in [7, 11) is 0. The van der Waals surface area contributed by atoms with Crippen LogP contribution in [0.15, 0.2) is 41.2 Å². The average Bonchev–Trinajstić information content (AvgIpc) is 2.48. The van der Waals surface area contributed by atoms with Gasteiger partial charge in [0.05, 0.1) is 0 Å². The quantitative estimate of drug-likeness (QED) is 0.829. The van der Waals surface area contributed by atoms with E-state index in [0.29, 0.717) is 12.2 Å². The van der Waals surface area contributed by atoms with Crippen LogP contribution in [0, 0.1) is 6.92 Å². The number of rotatable bonds is 5. The molecule has 0 bridgehead atoms. The van der Waals surface area contributed by atoms with E-state index >= 15 is 0 Å². The molecule has 0 atom stereocenters. The molecule has 0 fully saturated rings. The number of unbranched alkanes of at least 4 members (excludes halogenated alkanes) is 1. The number of benzene rings is 1. The van der Waals surface area contributed by atoms with Crippen LogP contribution in [0.5, 0.6) is 0 Å². The van der Waals surface area contributed by atoms with Crippen molar-refractivity contribution in [1.82, 2.24) is 10.3 Å². The Morgan fingerprint density at radius 2 is 1.86 bits per heavy atom. The molecule has 2 rings (SSSR count). The fourth-order valence-electron chi connectivity index (χ4n) is 2.03. The number of hydrogen-bond donors (Lipinski definition) is 2. The molecule has 4 heteroatoms. The number of carbonyl (C=O) groups excluding carboxylic acids is 1. The van der Waals surface area contributed by atoms with E-state index in [4.69, 9.17) is 0 Å². The molecule has 4 nitrogen and oxygen atoms in total. The van der Waals surface area contributed by atoms with Crippen molar-refractivity contribution < 1.29 is 4.79 Å². The minimum atomic E-state index is -0.359. The first kappa shape index (κ1) is 15.0. The second kappa shape index (κ2) is 6.88. The summed E-state index contributed by atoms with van der Waals surface area (Å²) < 4.78 is 0. The lowest BCUT2D eigenvalue weighted by Crippen LogP contribution is -2.30. The molecule has 1 heterocycles. The highest BCUT2D eigenvalue weighted by molar-refractivity contribution is 5.94. The van der Waals surface area contributed by atoms with Gasteiger partial charge in [-0.3, -0.25) is 9.59 Å². The molecule has 0 aliphatic carbocycles. The van der Waals surface area contributed by atoms with E-state index in [1.165, 1.54) is 0 Å². The van der Waals surface area contributed by atoms with Gasteiger partial charge in [-0.15, -0.1) is 0 Å². The first-order chi connectivity index (χ1) is 10.1. The number of aromatic amines is 1. The number of aryl methyl sites for hydroxylation is 1. The van der Waals surface area contributed by atoms with E-state index in [0.717, 1.165) is 24.0 Å². The average molecular weight is 284 g/mol. The van der Waals surface area contributed by atoms with Crippen LogP contribution in [-0.4, -0.2) is 17.4 Å².